The number of esters is 1. The quantitative estimate of drug-likeness (QED) is 0.368. The van der Waals surface area contributed by atoms with E-state index >= 15 is 0 Å². The zero-order valence-electron chi connectivity index (χ0n) is 13.7. The third-order valence-corrected chi connectivity index (χ3v) is 4.02. The van der Waals surface area contributed by atoms with Gasteiger partial charge in [0.05, 0.1) is 23.1 Å². The molecule has 1 aromatic carbocycles. The molecule has 0 aliphatic carbocycles. The number of nitrogens with zero attached hydrogens (tertiary/aromatic N) is 4. The van der Waals surface area contributed by atoms with E-state index in [2.05, 4.69) is 14.9 Å². The maximum Gasteiger partial charge on any atom is 0.420 e. The van der Waals surface area contributed by atoms with Crippen molar-refractivity contribution in [3.63, 3.8) is 0 Å². The molecule has 2 heterocycles. The van der Waals surface area contributed by atoms with Gasteiger partial charge in [-0.25, -0.2) is 9.59 Å². The number of ether oxygens (including phenoxy) is 1. The van der Waals surface area contributed by atoms with Crippen molar-refractivity contribution in [1.29, 1.82) is 0 Å². The number of carbonyl (C=O) groups is 2. The smallest absolute Gasteiger partial charge is 0.420 e. The van der Waals surface area contributed by atoms with Crippen LogP contribution in [0.25, 0.3) is 11.1 Å². The lowest BCUT2D eigenvalue weighted by atomic mass is 10.3. The van der Waals surface area contributed by atoms with Gasteiger partial charge >= 0.3 is 11.7 Å². The van der Waals surface area contributed by atoms with Gasteiger partial charge in [-0.05, 0) is 13.0 Å². The molecule has 0 bridgehead atoms. The molecule has 0 fully saturated rings. The number of carbonyl (C=O) groups excluding carboxylic acids is 2. The van der Waals surface area contributed by atoms with E-state index in [1.54, 1.807) is 6.92 Å². The summed E-state index contributed by atoms with van der Waals surface area (Å²) in [4.78, 5) is 46.1. The topological polar surface area (TPSA) is 159 Å². The van der Waals surface area contributed by atoms with Crippen molar-refractivity contribution in [2.24, 2.45) is 0 Å². The number of anilines is 1. The van der Waals surface area contributed by atoms with Gasteiger partial charge in [-0.3, -0.25) is 19.5 Å². The van der Waals surface area contributed by atoms with Gasteiger partial charge in [0.2, 0.25) is 11.6 Å². The summed E-state index contributed by atoms with van der Waals surface area (Å²) < 4.78 is 14.4. The largest absolute Gasteiger partial charge is 0.461 e. The molecule has 0 unspecified atom stereocenters. The number of fused-ring (bicyclic) bond motifs is 1. The minimum atomic E-state index is -0.853. The third-order valence-electron chi connectivity index (χ3n) is 3.37. The predicted octanol–water partition coefficient (Wildman–Crippen LogP) is 1.17. The molecule has 0 radical (unpaired) electrons. The number of aromatic nitrogens is 3. The fraction of sp³-hybridized carbons (Fsp3) is 0.214. The van der Waals surface area contributed by atoms with Crippen molar-refractivity contribution in [1.82, 2.24) is 14.2 Å². The maximum atomic E-state index is 12.3. The summed E-state index contributed by atoms with van der Waals surface area (Å²) in [5.74, 6) is -2.23. The molecule has 3 aromatic rings. The van der Waals surface area contributed by atoms with Crippen LogP contribution < -0.4 is 11.1 Å². The molecule has 0 saturated carbocycles. The monoisotopic (exact) mass is 393 g/mol. The van der Waals surface area contributed by atoms with E-state index < -0.39 is 29.1 Å². The molecule has 3 rings (SSSR count). The van der Waals surface area contributed by atoms with E-state index in [1.807, 2.05) is 0 Å². The highest BCUT2D eigenvalue weighted by atomic mass is 32.1. The number of rotatable bonds is 6. The lowest BCUT2D eigenvalue weighted by Crippen LogP contribution is -2.25. The lowest BCUT2D eigenvalue weighted by Gasteiger charge is -2.04. The van der Waals surface area contributed by atoms with Crippen LogP contribution in [0.4, 0.5) is 10.7 Å². The SMILES string of the molecule is CCOC(=O)c1nnsc1NC(=O)Cn1c(=O)oc2cc([N+](=O)[O-])ccc21. The van der Waals surface area contributed by atoms with E-state index in [9.17, 15) is 24.5 Å². The van der Waals surface area contributed by atoms with Crippen molar-refractivity contribution >= 4 is 45.2 Å². The molecule has 13 heteroatoms. The molecule has 1 amide bonds. The van der Waals surface area contributed by atoms with Crippen molar-refractivity contribution in [2.75, 3.05) is 11.9 Å². The number of non-ortho nitro benzene ring substituents is 1. The first-order valence-electron chi connectivity index (χ1n) is 7.47. The summed E-state index contributed by atoms with van der Waals surface area (Å²) in [6, 6.07) is 3.60. The zero-order valence-corrected chi connectivity index (χ0v) is 14.5. The second-order valence-electron chi connectivity index (χ2n) is 5.08. The molecule has 12 nitrogen and oxygen atoms in total. The van der Waals surface area contributed by atoms with Crippen LogP contribution in [0.15, 0.2) is 27.4 Å². The van der Waals surface area contributed by atoms with Gasteiger partial charge in [0.1, 0.15) is 6.54 Å². The van der Waals surface area contributed by atoms with Crippen molar-refractivity contribution in [2.45, 2.75) is 13.5 Å². The van der Waals surface area contributed by atoms with Gasteiger partial charge in [-0.15, -0.1) is 5.10 Å². The summed E-state index contributed by atoms with van der Waals surface area (Å²) in [7, 11) is 0. The van der Waals surface area contributed by atoms with Gasteiger partial charge in [0, 0.05) is 17.6 Å². The fourth-order valence-corrected chi connectivity index (χ4v) is 2.81. The fourth-order valence-electron chi connectivity index (χ4n) is 2.23. The molecule has 1 N–H and O–H groups in total. The number of amides is 1. The number of hydrogen-bond acceptors (Lipinski definition) is 10. The van der Waals surface area contributed by atoms with Gasteiger partial charge in [-0.2, -0.15) is 0 Å². The van der Waals surface area contributed by atoms with Crippen LogP contribution in [-0.2, 0) is 16.1 Å². The van der Waals surface area contributed by atoms with E-state index in [0.717, 1.165) is 22.2 Å². The maximum absolute atomic E-state index is 12.3. The summed E-state index contributed by atoms with van der Waals surface area (Å²) >= 11 is 0.778. The van der Waals surface area contributed by atoms with E-state index in [-0.39, 0.29) is 34.1 Å². The minimum absolute atomic E-state index is 0.0198. The van der Waals surface area contributed by atoms with Crippen LogP contribution >= 0.6 is 11.5 Å². The minimum Gasteiger partial charge on any atom is -0.461 e. The summed E-state index contributed by atoms with van der Waals surface area (Å²) in [6.07, 6.45) is 0. The van der Waals surface area contributed by atoms with Crippen LogP contribution in [0.3, 0.4) is 0 Å². The molecule has 2 aromatic heterocycles. The van der Waals surface area contributed by atoms with Crippen molar-refractivity contribution in [3.05, 3.63) is 44.6 Å². The van der Waals surface area contributed by atoms with Gasteiger partial charge < -0.3 is 14.5 Å². The Bertz CT molecular complexity index is 1100. The second-order valence-corrected chi connectivity index (χ2v) is 5.84. The molecule has 0 aliphatic rings. The Kier molecular flexibility index (Phi) is 4.94. The predicted molar refractivity (Wildman–Crippen MR) is 91.6 cm³/mol. The molecule has 0 atom stereocenters. The average Bonchev–Trinajstić information content (AvgIpc) is 3.19. The van der Waals surface area contributed by atoms with Crippen LogP contribution in [0.2, 0.25) is 0 Å². The summed E-state index contributed by atoms with van der Waals surface area (Å²) in [5.41, 5.74) is -0.194. The number of benzene rings is 1. The summed E-state index contributed by atoms with van der Waals surface area (Å²) in [5, 5.41) is 16.9. The highest BCUT2D eigenvalue weighted by Gasteiger charge is 2.21. The van der Waals surface area contributed by atoms with Crippen LogP contribution in [-0.4, -0.2) is 37.6 Å². The second kappa shape index (κ2) is 7.33. The van der Waals surface area contributed by atoms with Crippen LogP contribution in [0, 0.1) is 10.1 Å². The van der Waals surface area contributed by atoms with Crippen LogP contribution in [0.1, 0.15) is 17.4 Å². The number of oxazole rings is 1. The van der Waals surface area contributed by atoms with Crippen molar-refractivity contribution in [3.8, 4) is 0 Å². The van der Waals surface area contributed by atoms with E-state index in [1.165, 1.54) is 12.1 Å². The Morgan fingerprint density at radius 2 is 2.22 bits per heavy atom. The van der Waals surface area contributed by atoms with Crippen molar-refractivity contribution < 1.29 is 23.7 Å². The van der Waals surface area contributed by atoms with Gasteiger partial charge in [0.15, 0.2) is 10.6 Å². The number of nitrogens with one attached hydrogen (secondary N) is 1. The molecule has 0 spiro atoms. The first-order chi connectivity index (χ1) is 12.9. The summed E-state index contributed by atoms with van der Waals surface area (Å²) in [6.45, 7) is 1.31. The molecular weight excluding hydrogens is 382 g/mol. The normalized spacial score (nSPS) is 10.7. The molecule has 0 saturated heterocycles. The molecule has 140 valence electrons. The van der Waals surface area contributed by atoms with E-state index in [4.69, 9.17) is 9.15 Å². The number of hydrogen-bond donors (Lipinski definition) is 1. The Labute approximate surface area is 153 Å². The lowest BCUT2D eigenvalue weighted by molar-refractivity contribution is -0.384. The molecule has 27 heavy (non-hydrogen) atoms. The Morgan fingerprint density at radius 1 is 1.44 bits per heavy atom. The highest BCUT2D eigenvalue weighted by molar-refractivity contribution is 7.10. The van der Waals surface area contributed by atoms with Gasteiger partial charge in [-0.1, -0.05) is 4.49 Å². The number of nitro groups is 1. The highest BCUT2D eigenvalue weighted by Crippen LogP contribution is 2.21. The Balaban J connectivity index is 1.82. The third kappa shape index (κ3) is 3.67. The Hall–Kier alpha value is -3.61. The van der Waals surface area contributed by atoms with E-state index in [0.29, 0.717) is 0 Å². The Morgan fingerprint density at radius 3 is 2.93 bits per heavy atom. The molecular formula is C14H11N5O7S. The molecule has 0 aliphatic heterocycles. The average molecular weight is 393 g/mol. The zero-order chi connectivity index (χ0) is 19.6. The number of nitro benzene ring substituents is 1. The standard InChI is InChI=1S/C14H11N5O7S/c1-2-25-13(21)11-12(27-17-16-11)15-10(20)6-18-8-4-3-7(19(23)24)5-9(8)26-14(18)22/h3-5H,2,6H2,1H3,(H,15,20). The first-order valence-corrected chi connectivity index (χ1v) is 8.25. The first kappa shape index (κ1) is 18.2. The van der Waals surface area contributed by atoms with Crippen LogP contribution in [0.5, 0.6) is 0 Å². The van der Waals surface area contributed by atoms with Gasteiger partial charge in [0.25, 0.3) is 5.69 Å².